The van der Waals surface area contributed by atoms with Crippen molar-refractivity contribution in [3.05, 3.63) is 28.3 Å². The largest absolute Gasteiger partial charge is 0.495 e. The van der Waals surface area contributed by atoms with Crippen molar-refractivity contribution in [2.75, 3.05) is 14.2 Å². The van der Waals surface area contributed by atoms with E-state index in [1.54, 1.807) is 20.2 Å². The molecule has 4 nitrogen and oxygen atoms in total. The smallest absolute Gasteiger partial charge is 0.238 e. The van der Waals surface area contributed by atoms with Crippen LogP contribution in [0, 0.1) is 6.92 Å². The molecule has 0 aliphatic heterocycles. The average molecular weight is 243 g/mol. The van der Waals surface area contributed by atoms with E-state index in [1.807, 2.05) is 13.0 Å². The molecule has 0 radical (unpaired) electrons. The summed E-state index contributed by atoms with van der Waals surface area (Å²) in [5.74, 6) is 0.517. The van der Waals surface area contributed by atoms with Crippen LogP contribution < -0.4 is 15.6 Å². The van der Waals surface area contributed by atoms with E-state index in [0.29, 0.717) is 10.8 Å². The van der Waals surface area contributed by atoms with Gasteiger partial charge in [0.25, 0.3) is 0 Å². The molecule has 1 amide bonds. The summed E-state index contributed by atoms with van der Waals surface area (Å²) in [4.78, 5) is 11.4. The highest BCUT2D eigenvalue weighted by Gasteiger charge is 2.09. The molecule has 0 fully saturated rings. The third-order valence-electron chi connectivity index (χ3n) is 2.23. The van der Waals surface area contributed by atoms with Crippen LogP contribution in [0.1, 0.15) is 11.1 Å². The Morgan fingerprint density at radius 3 is 2.75 bits per heavy atom. The van der Waals surface area contributed by atoms with Crippen molar-refractivity contribution in [1.82, 2.24) is 10.9 Å². The predicted molar refractivity (Wildman–Crippen MR) is 63.6 cm³/mol. The first-order chi connectivity index (χ1) is 7.58. The topological polar surface area (TPSA) is 50.4 Å². The second-order valence-corrected chi connectivity index (χ2v) is 3.80. The predicted octanol–water partition coefficient (Wildman–Crippen LogP) is 1.45. The number of hydrazine groups is 1. The standard InChI is InChI=1S/C11H15ClN2O2/c1-7-4-10(16-3)9(12)5-8(7)6-11(15)14-13-2/h4-5,13H,6H2,1-3H3,(H,14,15). The maximum absolute atomic E-state index is 11.4. The molecule has 0 aliphatic rings. The fraction of sp³-hybridized carbons (Fsp3) is 0.364. The van der Waals surface area contributed by atoms with Gasteiger partial charge in [-0.1, -0.05) is 11.6 Å². The van der Waals surface area contributed by atoms with E-state index < -0.39 is 0 Å². The summed E-state index contributed by atoms with van der Waals surface area (Å²) in [5, 5.41) is 0.514. The molecule has 1 aromatic rings. The van der Waals surface area contributed by atoms with Crippen LogP contribution in [0.2, 0.25) is 5.02 Å². The molecule has 16 heavy (non-hydrogen) atoms. The highest BCUT2D eigenvalue weighted by molar-refractivity contribution is 6.32. The second kappa shape index (κ2) is 5.72. The van der Waals surface area contributed by atoms with Crippen molar-refractivity contribution in [1.29, 1.82) is 0 Å². The Labute approximate surface area is 99.9 Å². The van der Waals surface area contributed by atoms with Crippen LogP contribution in [0.25, 0.3) is 0 Å². The molecule has 2 N–H and O–H groups in total. The number of carbonyl (C=O) groups is 1. The van der Waals surface area contributed by atoms with Crippen LogP contribution >= 0.6 is 11.6 Å². The molecule has 0 spiro atoms. The van der Waals surface area contributed by atoms with E-state index >= 15 is 0 Å². The summed E-state index contributed by atoms with van der Waals surface area (Å²) in [6, 6.07) is 3.58. The van der Waals surface area contributed by atoms with Gasteiger partial charge in [0, 0.05) is 7.05 Å². The monoisotopic (exact) mass is 242 g/mol. The lowest BCUT2D eigenvalue weighted by Gasteiger charge is -2.10. The summed E-state index contributed by atoms with van der Waals surface area (Å²) in [7, 11) is 3.21. The molecule has 1 aromatic carbocycles. The van der Waals surface area contributed by atoms with Gasteiger partial charge >= 0.3 is 0 Å². The molecule has 1 rings (SSSR count). The van der Waals surface area contributed by atoms with Crippen molar-refractivity contribution in [2.45, 2.75) is 13.3 Å². The maximum atomic E-state index is 11.4. The van der Waals surface area contributed by atoms with Gasteiger partial charge in [0.15, 0.2) is 0 Å². The number of ether oxygens (including phenoxy) is 1. The van der Waals surface area contributed by atoms with Crippen molar-refractivity contribution >= 4 is 17.5 Å². The molecule has 0 aromatic heterocycles. The molecule has 0 bridgehead atoms. The van der Waals surface area contributed by atoms with Crippen molar-refractivity contribution < 1.29 is 9.53 Å². The van der Waals surface area contributed by atoms with E-state index in [1.165, 1.54) is 0 Å². The van der Waals surface area contributed by atoms with Crippen molar-refractivity contribution in [2.24, 2.45) is 0 Å². The number of benzene rings is 1. The number of methoxy groups -OCH3 is 1. The minimum atomic E-state index is -0.105. The zero-order chi connectivity index (χ0) is 12.1. The zero-order valence-electron chi connectivity index (χ0n) is 9.56. The van der Waals surface area contributed by atoms with Crippen LogP contribution in [-0.2, 0) is 11.2 Å². The van der Waals surface area contributed by atoms with Crippen molar-refractivity contribution in [3.8, 4) is 5.75 Å². The maximum Gasteiger partial charge on any atom is 0.238 e. The normalized spacial score (nSPS) is 10.0. The fourth-order valence-corrected chi connectivity index (χ4v) is 1.66. The van der Waals surface area contributed by atoms with Gasteiger partial charge in [0.1, 0.15) is 5.75 Å². The number of amides is 1. The van der Waals surface area contributed by atoms with Gasteiger partial charge in [-0.05, 0) is 30.2 Å². The van der Waals surface area contributed by atoms with Gasteiger partial charge in [-0.15, -0.1) is 0 Å². The Morgan fingerprint density at radius 1 is 1.50 bits per heavy atom. The van der Waals surface area contributed by atoms with Gasteiger partial charge in [-0.25, -0.2) is 5.43 Å². The molecule has 0 saturated heterocycles. The van der Waals surface area contributed by atoms with Gasteiger partial charge in [-0.2, -0.15) is 0 Å². The van der Waals surface area contributed by atoms with Gasteiger partial charge < -0.3 is 4.74 Å². The van der Waals surface area contributed by atoms with Crippen LogP contribution in [-0.4, -0.2) is 20.1 Å². The minimum Gasteiger partial charge on any atom is -0.495 e. The second-order valence-electron chi connectivity index (χ2n) is 3.39. The quantitative estimate of drug-likeness (QED) is 0.786. The first kappa shape index (κ1) is 12.8. The summed E-state index contributed by atoms with van der Waals surface area (Å²) in [5.41, 5.74) is 6.96. The van der Waals surface area contributed by atoms with Crippen molar-refractivity contribution in [3.63, 3.8) is 0 Å². The van der Waals surface area contributed by atoms with Gasteiger partial charge in [0.2, 0.25) is 5.91 Å². The Hall–Kier alpha value is -1.26. The minimum absolute atomic E-state index is 0.105. The molecule has 0 aliphatic carbocycles. The van der Waals surface area contributed by atoms with E-state index in [0.717, 1.165) is 11.1 Å². The molecule has 0 atom stereocenters. The van der Waals surface area contributed by atoms with Gasteiger partial charge in [0.05, 0.1) is 18.6 Å². The zero-order valence-corrected chi connectivity index (χ0v) is 10.3. The SMILES string of the molecule is CNNC(=O)Cc1cc(Cl)c(OC)cc1C. The third-order valence-corrected chi connectivity index (χ3v) is 2.52. The van der Waals surface area contributed by atoms with Crippen LogP contribution in [0.3, 0.4) is 0 Å². The summed E-state index contributed by atoms with van der Waals surface area (Å²) < 4.78 is 5.09. The number of carbonyl (C=O) groups excluding carboxylic acids is 1. The van der Waals surface area contributed by atoms with Gasteiger partial charge in [-0.3, -0.25) is 10.2 Å². The Bertz CT molecular complexity index is 394. The number of hydrogen-bond acceptors (Lipinski definition) is 3. The Balaban J connectivity index is 2.89. The number of halogens is 1. The molecule has 88 valence electrons. The number of rotatable bonds is 4. The molecule has 0 unspecified atom stereocenters. The Morgan fingerprint density at radius 2 is 2.19 bits per heavy atom. The van der Waals surface area contributed by atoms with E-state index in [9.17, 15) is 4.79 Å². The molecule has 5 heteroatoms. The number of aryl methyl sites for hydroxylation is 1. The third kappa shape index (κ3) is 3.12. The van der Waals surface area contributed by atoms with E-state index in [2.05, 4.69) is 10.9 Å². The lowest BCUT2D eigenvalue weighted by atomic mass is 10.1. The summed E-state index contributed by atoms with van der Waals surface area (Å²) in [6.45, 7) is 1.92. The molecular weight excluding hydrogens is 228 g/mol. The summed E-state index contributed by atoms with van der Waals surface area (Å²) in [6.07, 6.45) is 0.288. The fourth-order valence-electron chi connectivity index (χ4n) is 1.40. The molecule has 0 saturated carbocycles. The first-order valence-corrected chi connectivity index (χ1v) is 5.25. The highest BCUT2D eigenvalue weighted by atomic mass is 35.5. The Kier molecular flexibility index (Phi) is 4.58. The number of hydrogen-bond donors (Lipinski definition) is 2. The first-order valence-electron chi connectivity index (χ1n) is 4.87. The van der Waals surface area contributed by atoms with Crippen LogP contribution in [0.4, 0.5) is 0 Å². The molecule has 0 heterocycles. The lowest BCUT2D eigenvalue weighted by Crippen LogP contribution is -2.35. The highest BCUT2D eigenvalue weighted by Crippen LogP contribution is 2.27. The number of nitrogens with one attached hydrogen (secondary N) is 2. The van der Waals surface area contributed by atoms with E-state index in [-0.39, 0.29) is 12.3 Å². The van der Waals surface area contributed by atoms with Crippen LogP contribution in [0.5, 0.6) is 5.75 Å². The molecular formula is C11H15ClN2O2. The van der Waals surface area contributed by atoms with E-state index in [4.69, 9.17) is 16.3 Å². The summed E-state index contributed by atoms with van der Waals surface area (Å²) >= 11 is 5.99. The lowest BCUT2D eigenvalue weighted by molar-refractivity contribution is -0.121. The average Bonchev–Trinajstić information content (AvgIpc) is 2.23. The van der Waals surface area contributed by atoms with Crippen LogP contribution in [0.15, 0.2) is 12.1 Å².